The second-order valence-corrected chi connectivity index (χ2v) is 12.4. The molecule has 46 heavy (non-hydrogen) atoms. The molecule has 4 N–H and O–H groups in total. The number of hydrogen-bond donors (Lipinski definition) is 4. The smallest absolute Gasteiger partial charge is 0.258 e. The van der Waals surface area contributed by atoms with E-state index >= 15 is 0 Å². The summed E-state index contributed by atoms with van der Waals surface area (Å²) in [7, 11) is 2.13. The summed E-state index contributed by atoms with van der Waals surface area (Å²) in [5, 5.41) is 26.6. The predicted molar refractivity (Wildman–Crippen MR) is 178 cm³/mol. The zero-order valence-corrected chi connectivity index (χ0v) is 26.4. The van der Waals surface area contributed by atoms with Gasteiger partial charge in [-0.05, 0) is 86.5 Å². The Bertz CT molecular complexity index is 1780. The van der Waals surface area contributed by atoms with E-state index in [9.17, 15) is 24.6 Å². The van der Waals surface area contributed by atoms with Crippen molar-refractivity contribution in [2.45, 2.75) is 39.0 Å². The van der Waals surface area contributed by atoms with Gasteiger partial charge in [0.1, 0.15) is 5.75 Å². The predicted octanol–water partition coefficient (Wildman–Crippen LogP) is 4.04. The number of phenols is 1. The third kappa shape index (κ3) is 7.86. The number of phenolic OH excluding ortho intramolecular Hbond substituents is 1. The van der Waals surface area contributed by atoms with Gasteiger partial charge in [-0.2, -0.15) is 0 Å². The molecule has 0 spiro atoms. The van der Waals surface area contributed by atoms with E-state index in [-0.39, 0.29) is 35.8 Å². The van der Waals surface area contributed by atoms with Crippen molar-refractivity contribution >= 4 is 40.8 Å². The maximum atomic E-state index is 13.8. The highest BCUT2D eigenvalue weighted by molar-refractivity contribution is 6.06. The molecule has 5 rings (SSSR count). The van der Waals surface area contributed by atoms with Crippen LogP contribution in [0.5, 0.6) is 5.75 Å². The number of imidazole rings is 1. The van der Waals surface area contributed by atoms with Crippen LogP contribution >= 0.6 is 0 Å². The molecule has 0 bridgehead atoms. The Balaban J connectivity index is 1.48. The van der Waals surface area contributed by atoms with Gasteiger partial charge < -0.3 is 25.0 Å². The average Bonchev–Trinajstić information content (AvgIpc) is 3.32. The Labute approximate surface area is 268 Å². The fourth-order valence-electron chi connectivity index (χ4n) is 5.65. The highest BCUT2D eigenvalue weighted by Crippen LogP contribution is 2.27. The van der Waals surface area contributed by atoms with Crippen LogP contribution in [0.3, 0.4) is 0 Å². The van der Waals surface area contributed by atoms with Crippen molar-refractivity contribution in [3.63, 3.8) is 0 Å². The fourth-order valence-corrected chi connectivity index (χ4v) is 5.65. The number of amides is 2. The van der Waals surface area contributed by atoms with Crippen molar-refractivity contribution in [3.8, 4) is 5.75 Å². The molecule has 0 aliphatic carbocycles. The van der Waals surface area contributed by atoms with Crippen molar-refractivity contribution in [2.24, 2.45) is 0 Å². The number of fused-ring (bicyclic) bond motifs is 1. The number of nitrogens with one attached hydrogen (secondary N) is 2. The second kappa shape index (κ2) is 13.7. The first kappa shape index (κ1) is 32.6. The number of aldehydes is 1. The molecule has 0 unspecified atom stereocenters. The maximum absolute atomic E-state index is 13.8. The van der Waals surface area contributed by atoms with Gasteiger partial charge in [0.25, 0.3) is 5.91 Å². The number of likely N-dealkylation sites (N-methyl/N-ethyl adjacent to an activating group) is 1. The Kier molecular flexibility index (Phi) is 9.66. The van der Waals surface area contributed by atoms with Crippen LogP contribution in [-0.4, -0.2) is 86.5 Å². The molecule has 1 aliphatic rings. The molecule has 1 aliphatic heterocycles. The number of nitrogens with zero attached hydrogens (tertiary/aromatic N) is 4. The van der Waals surface area contributed by atoms with Crippen LogP contribution in [-0.2, 0) is 24.3 Å². The first-order valence-corrected chi connectivity index (χ1v) is 15.2. The Morgan fingerprint density at radius 1 is 1.02 bits per heavy atom. The molecule has 0 saturated carbocycles. The monoisotopic (exact) mass is 624 g/mol. The van der Waals surface area contributed by atoms with Gasteiger partial charge in [0.05, 0.1) is 28.7 Å². The first-order chi connectivity index (χ1) is 21.9. The third-order valence-corrected chi connectivity index (χ3v) is 7.98. The fraction of sp³-hybridized carbons (Fsp3) is 0.314. The van der Waals surface area contributed by atoms with E-state index in [2.05, 4.69) is 40.1 Å². The van der Waals surface area contributed by atoms with Crippen LogP contribution < -0.4 is 10.6 Å². The Hall–Kier alpha value is -4.84. The summed E-state index contributed by atoms with van der Waals surface area (Å²) >= 11 is 0. The molecule has 0 radical (unpaired) electrons. The molecule has 1 aromatic heterocycles. The molecule has 11 heteroatoms. The van der Waals surface area contributed by atoms with E-state index in [1.807, 2.05) is 16.7 Å². The minimum atomic E-state index is -1.10. The molecule has 4 aromatic rings. The largest absolute Gasteiger partial charge is 0.507 e. The van der Waals surface area contributed by atoms with Crippen LogP contribution in [0, 0.1) is 0 Å². The molecule has 1 saturated heterocycles. The van der Waals surface area contributed by atoms with Gasteiger partial charge in [-0.15, -0.1) is 0 Å². The third-order valence-electron chi connectivity index (χ3n) is 7.98. The molecule has 2 amide bonds. The van der Waals surface area contributed by atoms with E-state index in [0.717, 1.165) is 49.9 Å². The number of piperazine rings is 1. The SMILES string of the molecule is C=CC(=O)Nc1cc(Cc2cccc(O)c2C=O)cc(C(=O)Nc2nc3ccc(CN4CCN(C)CC4)cc3n2CC(C)(C)O)c1. The lowest BCUT2D eigenvalue weighted by Crippen LogP contribution is -2.43. The Morgan fingerprint density at radius 3 is 2.48 bits per heavy atom. The number of aromatic hydroxyl groups is 1. The van der Waals surface area contributed by atoms with Crippen molar-refractivity contribution in [3.05, 3.63) is 95.1 Å². The molecular formula is C35H40N6O5. The number of carbonyl (C=O) groups excluding carboxylic acids is 3. The summed E-state index contributed by atoms with van der Waals surface area (Å²) in [5.74, 6) is -0.794. The quantitative estimate of drug-likeness (QED) is 0.145. The zero-order chi connectivity index (χ0) is 33.0. The van der Waals surface area contributed by atoms with E-state index in [4.69, 9.17) is 4.98 Å². The number of benzene rings is 3. The van der Waals surface area contributed by atoms with E-state index < -0.39 is 17.4 Å². The molecule has 2 heterocycles. The summed E-state index contributed by atoms with van der Waals surface area (Å²) in [6.07, 6.45) is 1.93. The van der Waals surface area contributed by atoms with Crippen molar-refractivity contribution < 1.29 is 24.6 Å². The number of aromatic nitrogens is 2. The zero-order valence-electron chi connectivity index (χ0n) is 26.4. The van der Waals surface area contributed by atoms with Crippen molar-refractivity contribution in [2.75, 3.05) is 43.9 Å². The summed E-state index contributed by atoms with van der Waals surface area (Å²) in [6, 6.07) is 15.7. The average molecular weight is 625 g/mol. The van der Waals surface area contributed by atoms with Crippen molar-refractivity contribution in [1.29, 1.82) is 0 Å². The number of aliphatic hydroxyl groups is 1. The van der Waals surface area contributed by atoms with Gasteiger partial charge in [-0.3, -0.25) is 24.6 Å². The molecular weight excluding hydrogens is 584 g/mol. The lowest BCUT2D eigenvalue weighted by atomic mass is 9.97. The van der Waals surface area contributed by atoms with Gasteiger partial charge in [0.15, 0.2) is 6.29 Å². The van der Waals surface area contributed by atoms with Crippen LogP contribution in [0.1, 0.15) is 51.3 Å². The van der Waals surface area contributed by atoms with Crippen molar-refractivity contribution in [1.82, 2.24) is 19.4 Å². The van der Waals surface area contributed by atoms with Crippen LogP contribution in [0.4, 0.5) is 11.6 Å². The number of anilines is 2. The number of carbonyl (C=O) groups is 3. The van der Waals surface area contributed by atoms with Crippen LogP contribution in [0.25, 0.3) is 11.0 Å². The van der Waals surface area contributed by atoms with Crippen LogP contribution in [0.2, 0.25) is 0 Å². The number of rotatable bonds is 11. The minimum absolute atomic E-state index is 0.140. The molecule has 0 atom stereocenters. The Morgan fingerprint density at radius 2 is 1.78 bits per heavy atom. The van der Waals surface area contributed by atoms with Gasteiger partial charge >= 0.3 is 0 Å². The van der Waals surface area contributed by atoms with E-state index in [0.29, 0.717) is 28.6 Å². The van der Waals surface area contributed by atoms with Crippen LogP contribution in [0.15, 0.2) is 67.3 Å². The van der Waals surface area contributed by atoms with Gasteiger partial charge in [-0.1, -0.05) is 24.8 Å². The minimum Gasteiger partial charge on any atom is -0.507 e. The molecule has 1 fully saturated rings. The standard InChI is InChI=1S/C35H40N6O5/c1-5-32(44)36-27-17-24(15-25-7-6-8-31(43)28(25)21-42)16-26(19-27)33(45)38-34-37-29-10-9-23(20-40-13-11-39(4)12-14-40)18-30(29)41(34)22-35(2,3)46/h5-10,16-19,21,43,46H,1,11-15,20,22H2,2-4H3,(H,36,44)(H,37,38,45). The van der Waals surface area contributed by atoms with Gasteiger partial charge in [0.2, 0.25) is 11.9 Å². The first-order valence-electron chi connectivity index (χ1n) is 15.2. The lowest BCUT2D eigenvalue weighted by Gasteiger charge is -2.32. The summed E-state index contributed by atoms with van der Waals surface area (Å²) < 4.78 is 1.81. The normalized spacial score (nSPS) is 14.3. The topological polar surface area (TPSA) is 140 Å². The summed E-state index contributed by atoms with van der Waals surface area (Å²) in [4.78, 5) is 47.1. The van der Waals surface area contributed by atoms with Gasteiger partial charge in [-0.25, -0.2) is 4.98 Å². The summed E-state index contributed by atoms with van der Waals surface area (Å²) in [5.41, 5.74) is 3.43. The highest BCUT2D eigenvalue weighted by atomic mass is 16.3. The molecule has 240 valence electrons. The highest BCUT2D eigenvalue weighted by Gasteiger charge is 2.22. The van der Waals surface area contributed by atoms with E-state index in [1.165, 1.54) is 6.07 Å². The maximum Gasteiger partial charge on any atom is 0.258 e. The molecule has 3 aromatic carbocycles. The lowest BCUT2D eigenvalue weighted by molar-refractivity contribution is -0.111. The molecule has 11 nitrogen and oxygen atoms in total. The second-order valence-electron chi connectivity index (χ2n) is 12.4. The van der Waals surface area contributed by atoms with Gasteiger partial charge in [0, 0.05) is 44.0 Å². The van der Waals surface area contributed by atoms with E-state index in [1.54, 1.807) is 44.2 Å². The summed E-state index contributed by atoms with van der Waals surface area (Å²) in [6.45, 7) is 11.9. The number of hydrogen-bond acceptors (Lipinski definition) is 8.